The van der Waals surface area contributed by atoms with Gasteiger partial charge in [-0.25, -0.2) is 0 Å². The summed E-state index contributed by atoms with van der Waals surface area (Å²) >= 11 is 0. The third-order valence-electron chi connectivity index (χ3n) is 5.22. The van der Waals surface area contributed by atoms with Gasteiger partial charge in [-0.3, -0.25) is 9.69 Å². The number of carbonyl (C=O) groups is 1. The number of aliphatic hydroxyl groups excluding tert-OH is 1. The predicted molar refractivity (Wildman–Crippen MR) is 95.0 cm³/mol. The van der Waals surface area contributed by atoms with E-state index in [0.717, 1.165) is 50.2 Å². The molecule has 1 aromatic rings. The first-order chi connectivity index (χ1) is 11.5. The number of aliphatic hydroxyl groups is 1. The van der Waals surface area contributed by atoms with Crippen LogP contribution >= 0.6 is 0 Å². The van der Waals surface area contributed by atoms with E-state index in [1.807, 2.05) is 18.2 Å². The number of para-hydroxylation sites is 1. The summed E-state index contributed by atoms with van der Waals surface area (Å²) in [5.41, 5.74) is 1.21. The quantitative estimate of drug-likeness (QED) is 0.830. The van der Waals surface area contributed by atoms with Crippen LogP contribution < -0.4 is 4.74 Å². The van der Waals surface area contributed by atoms with Crippen molar-refractivity contribution in [3.8, 4) is 5.75 Å². The van der Waals surface area contributed by atoms with E-state index in [2.05, 4.69) is 17.9 Å². The number of rotatable bonds is 7. The summed E-state index contributed by atoms with van der Waals surface area (Å²) in [6, 6.07) is 7.92. The number of ether oxygens (including phenoxy) is 1. The van der Waals surface area contributed by atoms with Crippen LogP contribution in [0.1, 0.15) is 31.7 Å². The van der Waals surface area contributed by atoms with Gasteiger partial charge in [-0.1, -0.05) is 25.1 Å². The van der Waals surface area contributed by atoms with Crippen LogP contribution in [-0.4, -0.2) is 61.2 Å². The topological polar surface area (TPSA) is 53.0 Å². The van der Waals surface area contributed by atoms with Crippen LogP contribution in [-0.2, 0) is 11.3 Å². The molecule has 0 radical (unpaired) electrons. The molecule has 5 heteroatoms. The van der Waals surface area contributed by atoms with Crippen LogP contribution in [0.15, 0.2) is 24.3 Å². The second kappa shape index (κ2) is 8.49. The first-order valence-electron chi connectivity index (χ1n) is 8.74. The lowest BCUT2D eigenvalue weighted by Gasteiger charge is -2.40. The van der Waals surface area contributed by atoms with Crippen molar-refractivity contribution >= 4 is 5.91 Å². The van der Waals surface area contributed by atoms with Crippen LogP contribution in [0.25, 0.3) is 0 Å². The molecule has 134 valence electrons. The molecule has 24 heavy (non-hydrogen) atoms. The minimum absolute atomic E-state index is 0.0431. The fraction of sp³-hybridized carbons (Fsp3) is 0.632. The van der Waals surface area contributed by atoms with Gasteiger partial charge in [-0.15, -0.1) is 0 Å². The van der Waals surface area contributed by atoms with Crippen molar-refractivity contribution in [3.63, 3.8) is 0 Å². The van der Waals surface area contributed by atoms with E-state index in [1.165, 1.54) is 4.90 Å². The predicted octanol–water partition coefficient (Wildman–Crippen LogP) is 2.14. The van der Waals surface area contributed by atoms with E-state index in [0.29, 0.717) is 0 Å². The second-order valence-electron chi connectivity index (χ2n) is 6.97. The van der Waals surface area contributed by atoms with Gasteiger partial charge in [-0.2, -0.15) is 0 Å². The second-order valence-corrected chi connectivity index (χ2v) is 6.97. The molecule has 1 aliphatic heterocycles. The van der Waals surface area contributed by atoms with Gasteiger partial charge in [0.2, 0.25) is 0 Å². The molecule has 0 spiro atoms. The van der Waals surface area contributed by atoms with Gasteiger partial charge in [-0.05, 0) is 43.8 Å². The molecule has 5 nitrogen and oxygen atoms in total. The number of hydrogen-bond acceptors (Lipinski definition) is 4. The average molecular weight is 334 g/mol. The standard InChI is InChI=1S/C19H30N2O3/c1-4-19(15-22)9-11-21(12-10-19)13-16-7-5-6-8-17(16)24-14-18(23)20(2)3/h5-8,22H,4,9-15H2,1-3H3. The summed E-state index contributed by atoms with van der Waals surface area (Å²) in [7, 11) is 3.46. The Morgan fingerprint density at radius 2 is 1.96 bits per heavy atom. The number of hydrogen-bond donors (Lipinski definition) is 1. The van der Waals surface area contributed by atoms with Crippen molar-refractivity contribution in [2.24, 2.45) is 5.41 Å². The zero-order valence-electron chi connectivity index (χ0n) is 15.1. The van der Waals surface area contributed by atoms with Crippen molar-refractivity contribution < 1.29 is 14.6 Å². The van der Waals surface area contributed by atoms with Crippen molar-refractivity contribution in [2.45, 2.75) is 32.7 Å². The third kappa shape index (κ3) is 4.71. The van der Waals surface area contributed by atoms with Crippen LogP contribution in [0, 0.1) is 5.41 Å². The Balaban J connectivity index is 1.95. The number of likely N-dealkylation sites (N-methyl/N-ethyl adjacent to an activating group) is 1. The molecular weight excluding hydrogens is 304 g/mol. The first-order valence-corrected chi connectivity index (χ1v) is 8.74. The van der Waals surface area contributed by atoms with E-state index in [4.69, 9.17) is 4.74 Å². The molecule has 0 aliphatic carbocycles. The lowest BCUT2D eigenvalue weighted by molar-refractivity contribution is -0.130. The Kier molecular flexibility index (Phi) is 6.63. The highest BCUT2D eigenvalue weighted by atomic mass is 16.5. The monoisotopic (exact) mass is 334 g/mol. The maximum atomic E-state index is 11.7. The lowest BCUT2D eigenvalue weighted by Crippen LogP contribution is -2.41. The molecule has 1 N–H and O–H groups in total. The molecule has 1 saturated heterocycles. The summed E-state index contributed by atoms with van der Waals surface area (Å²) in [4.78, 5) is 15.7. The number of likely N-dealkylation sites (tertiary alicyclic amines) is 1. The number of amides is 1. The lowest BCUT2D eigenvalue weighted by atomic mass is 9.77. The smallest absolute Gasteiger partial charge is 0.259 e. The Morgan fingerprint density at radius 3 is 2.54 bits per heavy atom. The van der Waals surface area contributed by atoms with E-state index >= 15 is 0 Å². The van der Waals surface area contributed by atoms with Crippen molar-refractivity contribution in [2.75, 3.05) is 40.4 Å². The molecule has 0 aromatic heterocycles. The normalized spacial score (nSPS) is 17.5. The van der Waals surface area contributed by atoms with E-state index < -0.39 is 0 Å². The van der Waals surface area contributed by atoms with Crippen molar-refractivity contribution in [1.29, 1.82) is 0 Å². The van der Waals surface area contributed by atoms with Gasteiger partial charge in [0.1, 0.15) is 5.75 Å². The fourth-order valence-electron chi connectivity index (χ4n) is 3.09. The van der Waals surface area contributed by atoms with Gasteiger partial charge >= 0.3 is 0 Å². The fourth-order valence-corrected chi connectivity index (χ4v) is 3.09. The van der Waals surface area contributed by atoms with Gasteiger partial charge in [0, 0.05) is 32.8 Å². The van der Waals surface area contributed by atoms with Crippen molar-refractivity contribution in [3.05, 3.63) is 29.8 Å². The highest BCUT2D eigenvalue weighted by molar-refractivity contribution is 5.77. The van der Waals surface area contributed by atoms with Crippen LogP contribution in [0.3, 0.4) is 0 Å². The third-order valence-corrected chi connectivity index (χ3v) is 5.22. The zero-order chi connectivity index (χ0) is 17.6. The number of piperidine rings is 1. The Bertz CT molecular complexity index is 531. The van der Waals surface area contributed by atoms with Crippen LogP contribution in [0.4, 0.5) is 0 Å². The summed E-state index contributed by atoms with van der Waals surface area (Å²) < 4.78 is 5.73. The Labute approximate surface area is 145 Å². The number of benzene rings is 1. The van der Waals surface area contributed by atoms with E-state index in [1.54, 1.807) is 14.1 Å². The molecule has 1 amide bonds. The highest BCUT2D eigenvalue weighted by Crippen LogP contribution is 2.35. The molecule has 1 aromatic carbocycles. The SMILES string of the molecule is CCC1(CO)CCN(Cc2ccccc2OCC(=O)N(C)C)CC1. The molecule has 1 fully saturated rings. The van der Waals surface area contributed by atoms with Gasteiger partial charge in [0.15, 0.2) is 6.61 Å². The van der Waals surface area contributed by atoms with E-state index in [9.17, 15) is 9.90 Å². The molecule has 0 saturated carbocycles. The van der Waals surface area contributed by atoms with Gasteiger partial charge in [0.25, 0.3) is 5.91 Å². The molecular formula is C19H30N2O3. The highest BCUT2D eigenvalue weighted by Gasteiger charge is 2.32. The summed E-state index contributed by atoms with van der Waals surface area (Å²) in [6.07, 6.45) is 3.09. The van der Waals surface area contributed by atoms with Gasteiger partial charge in [0.05, 0.1) is 0 Å². The summed E-state index contributed by atoms with van der Waals surface area (Å²) in [6.45, 7) is 5.30. The summed E-state index contributed by atoms with van der Waals surface area (Å²) in [5.74, 6) is 0.737. The van der Waals surface area contributed by atoms with E-state index in [-0.39, 0.29) is 24.5 Å². The maximum Gasteiger partial charge on any atom is 0.259 e. The molecule has 1 heterocycles. The van der Waals surface area contributed by atoms with Crippen molar-refractivity contribution in [1.82, 2.24) is 9.80 Å². The number of carbonyl (C=O) groups excluding carboxylic acids is 1. The Morgan fingerprint density at radius 1 is 1.29 bits per heavy atom. The average Bonchev–Trinajstić information content (AvgIpc) is 2.61. The van der Waals surface area contributed by atoms with Crippen LogP contribution in [0.2, 0.25) is 0 Å². The van der Waals surface area contributed by atoms with Crippen LogP contribution in [0.5, 0.6) is 5.75 Å². The molecule has 2 rings (SSSR count). The molecule has 0 atom stereocenters. The maximum absolute atomic E-state index is 11.7. The number of nitrogens with zero attached hydrogens (tertiary/aromatic N) is 2. The minimum atomic E-state index is -0.0431. The largest absolute Gasteiger partial charge is 0.483 e. The Hall–Kier alpha value is -1.59. The van der Waals surface area contributed by atoms with Gasteiger partial charge < -0.3 is 14.7 Å². The first kappa shape index (κ1) is 18.7. The molecule has 0 unspecified atom stereocenters. The molecule has 0 bridgehead atoms. The molecule has 1 aliphatic rings. The summed E-state index contributed by atoms with van der Waals surface area (Å²) in [5, 5.41) is 9.65. The minimum Gasteiger partial charge on any atom is -0.483 e. The zero-order valence-corrected chi connectivity index (χ0v) is 15.1.